The second-order valence-electron chi connectivity index (χ2n) is 5.03. The Morgan fingerprint density at radius 2 is 1.74 bits per heavy atom. The first-order chi connectivity index (χ1) is 9.12. The number of hydrogen-bond donors (Lipinski definition) is 2. The molecular formula is C16H28N2O. The SMILES string of the molecule is CCCOc1cccc(NC(CC)(CC)CC)c1N. The Morgan fingerprint density at radius 3 is 2.26 bits per heavy atom. The monoisotopic (exact) mass is 264 g/mol. The quantitative estimate of drug-likeness (QED) is 0.682. The second-order valence-corrected chi connectivity index (χ2v) is 5.03. The van der Waals surface area contributed by atoms with Crippen molar-refractivity contribution >= 4 is 11.4 Å². The van der Waals surface area contributed by atoms with Crippen molar-refractivity contribution in [1.82, 2.24) is 0 Å². The van der Waals surface area contributed by atoms with E-state index in [4.69, 9.17) is 10.5 Å². The zero-order valence-electron chi connectivity index (χ0n) is 12.8. The second kappa shape index (κ2) is 7.27. The van der Waals surface area contributed by atoms with Gasteiger partial charge in [0.15, 0.2) is 0 Å². The van der Waals surface area contributed by atoms with E-state index in [1.807, 2.05) is 18.2 Å². The van der Waals surface area contributed by atoms with Gasteiger partial charge >= 0.3 is 0 Å². The molecule has 0 spiro atoms. The summed E-state index contributed by atoms with van der Waals surface area (Å²) >= 11 is 0. The van der Waals surface area contributed by atoms with Gasteiger partial charge in [0, 0.05) is 5.54 Å². The van der Waals surface area contributed by atoms with Gasteiger partial charge in [0.05, 0.1) is 18.0 Å². The molecule has 0 aliphatic rings. The van der Waals surface area contributed by atoms with Crippen LogP contribution in [0.5, 0.6) is 5.75 Å². The third-order valence-electron chi connectivity index (χ3n) is 3.96. The summed E-state index contributed by atoms with van der Waals surface area (Å²) in [6.07, 6.45) is 4.23. The van der Waals surface area contributed by atoms with Gasteiger partial charge in [-0.05, 0) is 37.8 Å². The molecule has 1 rings (SSSR count). The van der Waals surface area contributed by atoms with Gasteiger partial charge < -0.3 is 15.8 Å². The number of rotatable bonds is 8. The molecule has 0 aliphatic heterocycles. The minimum atomic E-state index is 0.123. The fourth-order valence-corrected chi connectivity index (χ4v) is 2.29. The normalized spacial score (nSPS) is 11.4. The first-order valence-electron chi connectivity index (χ1n) is 7.41. The average molecular weight is 264 g/mol. The molecule has 0 aromatic heterocycles. The van der Waals surface area contributed by atoms with E-state index in [-0.39, 0.29) is 5.54 Å². The van der Waals surface area contributed by atoms with Crippen LogP contribution in [-0.4, -0.2) is 12.1 Å². The summed E-state index contributed by atoms with van der Waals surface area (Å²) in [4.78, 5) is 0. The lowest BCUT2D eigenvalue weighted by Gasteiger charge is -2.33. The number of benzene rings is 1. The first-order valence-corrected chi connectivity index (χ1v) is 7.41. The Labute approximate surface area is 117 Å². The predicted octanol–water partition coefficient (Wildman–Crippen LogP) is 4.44. The van der Waals surface area contributed by atoms with Gasteiger partial charge in [0.25, 0.3) is 0 Å². The maximum absolute atomic E-state index is 6.21. The maximum atomic E-state index is 6.21. The Bertz CT molecular complexity index is 378. The van der Waals surface area contributed by atoms with Gasteiger partial charge in [-0.2, -0.15) is 0 Å². The number of ether oxygens (including phenoxy) is 1. The number of hydrogen-bond acceptors (Lipinski definition) is 3. The molecule has 0 fully saturated rings. The highest BCUT2D eigenvalue weighted by Crippen LogP contribution is 2.34. The van der Waals surface area contributed by atoms with E-state index in [1.165, 1.54) is 0 Å². The summed E-state index contributed by atoms with van der Waals surface area (Å²) in [7, 11) is 0. The van der Waals surface area contributed by atoms with Gasteiger partial charge in [-0.15, -0.1) is 0 Å². The highest BCUT2D eigenvalue weighted by atomic mass is 16.5. The van der Waals surface area contributed by atoms with Gasteiger partial charge in [-0.25, -0.2) is 0 Å². The third-order valence-corrected chi connectivity index (χ3v) is 3.96. The molecule has 0 saturated carbocycles. The van der Waals surface area contributed by atoms with Crippen LogP contribution >= 0.6 is 0 Å². The maximum Gasteiger partial charge on any atom is 0.144 e. The first kappa shape index (κ1) is 15.7. The molecule has 0 bridgehead atoms. The van der Waals surface area contributed by atoms with E-state index in [2.05, 4.69) is 33.0 Å². The molecular weight excluding hydrogens is 236 g/mol. The topological polar surface area (TPSA) is 47.3 Å². The van der Waals surface area contributed by atoms with Crippen molar-refractivity contribution in [3.63, 3.8) is 0 Å². The number of nitrogens with two attached hydrogens (primary N) is 1. The van der Waals surface area contributed by atoms with Gasteiger partial charge in [0.1, 0.15) is 5.75 Å². The Hall–Kier alpha value is -1.38. The van der Waals surface area contributed by atoms with Crippen molar-refractivity contribution in [2.45, 2.75) is 58.9 Å². The zero-order chi connectivity index (χ0) is 14.3. The Morgan fingerprint density at radius 1 is 1.11 bits per heavy atom. The van der Waals surface area contributed by atoms with Crippen LogP contribution < -0.4 is 15.8 Å². The molecule has 19 heavy (non-hydrogen) atoms. The highest BCUT2D eigenvalue weighted by molar-refractivity contribution is 5.73. The summed E-state index contributed by atoms with van der Waals surface area (Å²) in [5, 5.41) is 3.62. The third kappa shape index (κ3) is 3.79. The summed E-state index contributed by atoms with van der Waals surface area (Å²) in [5.74, 6) is 0.782. The fraction of sp³-hybridized carbons (Fsp3) is 0.625. The van der Waals surface area contributed by atoms with Crippen LogP contribution in [0, 0.1) is 0 Å². The van der Waals surface area contributed by atoms with Crippen molar-refractivity contribution < 1.29 is 4.74 Å². The van der Waals surface area contributed by atoms with E-state index < -0.39 is 0 Å². The van der Waals surface area contributed by atoms with Crippen LogP contribution in [0.4, 0.5) is 11.4 Å². The van der Waals surface area contributed by atoms with Crippen LogP contribution in [0.15, 0.2) is 18.2 Å². The van der Waals surface area contributed by atoms with E-state index in [9.17, 15) is 0 Å². The van der Waals surface area contributed by atoms with Crippen LogP contribution in [0.1, 0.15) is 53.4 Å². The van der Waals surface area contributed by atoms with Crippen molar-refractivity contribution in [2.24, 2.45) is 0 Å². The average Bonchev–Trinajstić information content (AvgIpc) is 2.45. The van der Waals surface area contributed by atoms with E-state index >= 15 is 0 Å². The Balaban J connectivity index is 2.94. The molecule has 1 aromatic rings. The lowest BCUT2D eigenvalue weighted by atomic mass is 9.89. The number of nitrogen functional groups attached to an aromatic ring is 1. The van der Waals surface area contributed by atoms with E-state index in [0.29, 0.717) is 6.61 Å². The molecule has 108 valence electrons. The fourth-order valence-electron chi connectivity index (χ4n) is 2.29. The molecule has 0 saturated heterocycles. The zero-order valence-corrected chi connectivity index (χ0v) is 12.8. The summed E-state index contributed by atoms with van der Waals surface area (Å²) in [6.45, 7) is 9.44. The highest BCUT2D eigenvalue weighted by Gasteiger charge is 2.24. The molecule has 1 aromatic carbocycles. The smallest absolute Gasteiger partial charge is 0.144 e. The Kier molecular flexibility index (Phi) is 6.00. The van der Waals surface area contributed by atoms with Crippen molar-refractivity contribution in [3.8, 4) is 5.75 Å². The molecule has 0 atom stereocenters. The molecule has 0 radical (unpaired) electrons. The summed E-state index contributed by atoms with van der Waals surface area (Å²) < 4.78 is 5.68. The lowest BCUT2D eigenvalue weighted by Crippen LogP contribution is -2.36. The van der Waals surface area contributed by atoms with Gasteiger partial charge in [-0.1, -0.05) is 33.8 Å². The molecule has 0 heterocycles. The minimum Gasteiger partial charge on any atom is -0.491 e. The summed E-state index contributed by atoms with van der Waals surface area (Å²) in [5.41, 5.74) is 8.03. The van der Waals surface area contributed by atoms with Crippen molar-refractivity contribution in [2.75, 3.05) is 17.7 Å². The molecule has 3 N–H and O–H groups in total. The van der Waals surface area contributed by atoms with E-state index in [1.54, 1.807) is 0 Å². The number of para-hydroxylation sites is 1. The van der Waals surface area contributed by atoms with Crippen molar-refractivity contribution in [3.05, 3.63) is 18.2 Å². The predicted molar refractivity (Wildman–Crippen MR) is 83.9 cm³/mol. The minimum absolute atomic E-state index is 0.123. The van der Waals surface area contributed by atoms with Crippen LogP contribution in [0.2, 0.25) is 0 Å². The standard InChI is InChI=1S/C16H28N2O/c1-5-12-19-14-11-9-10-13(15(14)17)18-16(6-2,7-3)8-4/h9-11,18H,5-8,12,17H2,1-4H3. The molecule has 3 heteroatoms. The number of nitrogens with one attached hydrogen (secondary N) is 1. The van der Waals surface area contributed by atoms with Gasteiger partial charge in [0.2, 0.25) is 0 Å². The number of anilines is 2. The van der Waals surface area contributed by atoms with Gasteiger partial charge in [-0.3, -0.25) is 0 Å². The molecule has 0 aliphatic carbocycles. The summed E-state index contributed by atoms with van der Waals surface area (Å²) in [6, 6.07) is 5.96. The van der Waals surface area contributed by atoms with E-state index in [0.717, 1.165) is 42.8 Å². The van der Waals surface area contributed by atoms with Crippen molar-refractivity contribution in [1.29, 1.82) is 0 Å². The lowest BCUT2D eigenvalue weighted by molar-refractivity contribution is 0.319. The molecule has 0 unspecified atom stereocenters. The van der Waals surface area contributed by atoms with Crippen LogP contribution in [0.3, 0.4) is 0 Å². The van der Waals surface area contributed by atoms with Crippen LogP contribution in [0.25, 0.3) is 0 Å². The van der Waals surface area contributed by atoms with Crippen LogP contribution in [-0.2, 0) is 0 Å². The molecule has 3 nitrogen and oxygen atoms in total. The molecule has 0 amide bonds. The largest absolute Gasteiger partial charge is 0.491 e.